The van der Waals surface area contributed by atoms with Crippen LogP contribution in [0.4, 0.5) is 0 Å². The fourth-order valence-corrected chi connectivity index (χ4v) is 2.34. The summed E-state index contributed by atoms with van der Waals surface area (Å²) in [6, 6.07) is 5.60. The fraction of sp³-hybridized carbons (Fsp3) is 0.462. The Kier molecular flexibility index (Phi) is 2.70. The van der Waals surface area contributed by atoms with Crippen LogP contribution in [0.5, 0.6) is 0 Å². The normalized spacial score (nSPS) is 17.5. The van der Waals surface area contributed by atoms with Crippen LogP contribution in [0.2, 0.25) is 5.02 Å². The van der Waals surface area contributed by atoms with Crippen molar-refractivity contribution in [2.24, 2.45) is 0 Å². The van der Waals surface area contributed by atoms with Crippen molar-refractivity contribution in [3.05, 3.63) is 34.3 Å². The van der Waals surface area contributed by atoms with Gasteiger partial charge in [-0.25, -0.2) is 0 Å². The summed E-state index contributed by atoms with van der Waals surface area (Å²) in [5, 5.41) is 9.93. The molecule has 0 atom stereocenters. The van der Waals surface area contributed by atoms with E-state index in [4.69, 9.17) is 11.6 Å². The lowest BCUT2D eigenvalue weighted by atomic mass is 9.87. The summed E-state index contributed by atoms with van der Waals surface area (Å²) in [6.45, 7) is 4.15. The lowest BCUT2D eigenvalue weighted by molar-refractivity contribution is -0.140. The van der Waals surface area contributed by atoms with E-state index in [1.54, 1.807) is 0 Å². The summed E-state index contributed by atoms with van der Waals surface area (Å²) in [7, 11) is 0. The van der Waals surface area contributed by atoms with Gasteiger partial charge in [-0.2, -0.15) is 0 Å². The Morgan fingerprint density at radius 1 is 1.44 bits per heavy atom. The zero-order valence-electron chi connectivity index (χ0n) is 9.46. The molecule has 0 aromatic heterocycles. The molecule has 16 heavy (non-hydrogen) atoms. The predicted molar refractivity (Wildman–Crippen MR) is 64.1 cm³/mol. The van der Waals surface area contributed by atoms with Gasteiger partial charge in [-0.05, 0) is 42.0 Å². The first-order valence-electron chi connectivity index (χ1n) is 5.51. The van der Waals surface area contributed by atoms with E-state index < -0.39 is 11.4 Å². The molecule has 2 rings (SSSR count). The fourth-order valence-electron chi connectivity index (χ4n) is 2.17. The van der Waals surface area contributed by atoms with E-state index in [0.717, 1.165) is 24.0 Å². The predicted octanol–water partition coefficient (Wildman–Crippen LogP) is 3.58. The first-order valence-corrected chi connectivity index (χ1v) is 5.88. The van der Waals surface area contributed by atoms with E-state index in [2.05, 4.69) is 13.8 Å². The molecule has 1 aliphatic carbocycles. The van der Waals surface area contributed by atoms with E-state index in [0.29, 0.717) is 10.9 Å². The molecule has 1 fully saturated rings. The van der Waals surface area contributed by atoms with Gasteiger partial charge < -0.3 is 5.11 Å². The third-order valence-electron chi connectivity index (χ3n) is 3.31. The second kappa shape index (κ2) is 3.77. The van der Waals surface area contributed by atoms with Gasteiger partial charge in [0.25, 0.3) is 0 Å². The zero-order valence-corrected chi connectivity index (χ0v) is 10.2. The number of carbonyl (C=O) groups is 1. The van der Waals surface area contributed by atoms with Gasteiger partial charge in [-0.3, -0.25) is 4.79 Å². The summed E-state index contributed by atoms with van der Waals surface area (Å²) < 4.78 is 0. The van der Waals surface area contributed by atoms with Crippen molar-refractivity contribution in [2.75, 3.05) is 0 Å². The van der Waals surface area contributed by atoms with Crippen molar-refractivity contribution in [3.63, 3.8) is 0 Å². The van der Waals surface area contributed by atoms with Gasteiger partial charge >= 0.3 is 5.97 Å². The van der Waals surface area contributed by atoms with Gasteiger partial charge in [0.1, 0.15) is 0 Å². The number of benzene rings is 1. The molecule has 1 aliphatic rings. The highest BCUT2D eigenvalue weighted by Gasteiger charge is 2.52. The van der Waals surface area contributed by atoms with Crippen LogP contribution in [0.15, 0.2) is 18.2 Å². The Morgan fingerprint density at radius 2 is 2.06 bits per heavy atom. The molecular weight excluding hydrogens is 224 g/mol. The number of hydrogen-bond acceptors (Lipinski definition) is 1. The molecule has 86 valence electrons. The van der Waals surface area contributed by atoms with E-state index >= 15 is 0 Å². The minimum atomic E-state index is -0.725. The maximum atomic E-state index is 11.3. The molecular formula is C13H15ClO2. The van der Waals surface area contributed by atoms with Crippen LogP contribution < -0.4 is 0 Å². The quantitative estimate of drug-likeness (QED) is 0.874. The number of halogens is 1. The first-order chi connectivity index (χ1) is 7.47. The summed E-state index contributed by atoms with van der Waals surface area (Å²) >= 11 is 5.97. The minimum Gasteiger partial charge on any atom is -0.481 e. The van der Waals surface area contributed by atoms with E-state index in [-0.39, 0.29) is 0 Å². The van der Waals surface area contributed by atoms with Crippen molar-refractivity contribution in [1.29, 1.82) is 0 Å². The van der Waals surface area contributed by atoms with E-state index in [9.17, 15) is 9.90 Å². The van der Waals surface area contributed by atoms with Crippen LogP contribution in [-0.4, -0.2) is 11.1 Å². The Labute approximate surface area is 100 Å². The summed E-state index contributed by atoms with van der Waals surface area (Å²) in [5.74, 6) is -0.402. The van der Waals surface area contributed by atoms with Gasteiger partial charge in [-0.1, -0.05) is 31.5 Å². The lowest BCUT2D eigenvalue weighted by Gasteiger charge is -2.18. The van der Waals surface area contributed by atoms with Gasteiger partial charge in [0, 0.05) is 5.02 Å². The van der Waals surface area contributed by atoms with Crippen molar-refractivity contribution in [3.8, 4) is 0 Å². The highest BCUT2D eigenvalue weighted by atomic mass is 35.5. The average Bonchev–Trinajstić information content (AvgIpc) is 2.97. The molecule has 1 saturated carbocycles. The molecule has 0 bridgehead atoms. The molecule has 1 aromatic carbocycles. The van der Waals surface area contributed by atoms with Crippen LogP contribution in [0.1, 0.15) is 43.7 Å². The second-order valence-corrected chi connectivity index (χ2v) is 5.21. The molecule has 2 nitrogen and oxygen atoms in total. The highest BCUT2D eigenvalue weighted by molar-refractivity contribution is 6.30. The maximum absolute atomic E-state index is 11.3. The number of rotatable bonds is 3. The molecule has 0 aliphatic heterocycles. The molecule has 1 aromatic rings. The van der Waals surface area contributed by atoms with Crippen LogP contribution in [-0.2, 0) is 10.2 Å². The standard InChI is InChI=1S/C13H15ClO2/c1-8(2)10-4-3-9(14)7-11(10)13(5-6-13)12(15)16/h3-4,7-8H,5-6H2,1-2H3,(H,15,16). The number of aliphatic carboxylic acids is 1. The zero-order chi connectivity index (χ0) is 11.9. The van der Waals surface area contributed by atoms with Gasteiger partial charge in [0.2, 0.25) is 0 Å². The summed E-state index contributed by atoms with van der Waals surface area (Å²) in [4.78, 5) is 11.3. The van der Waals surface area contributed by atoms with Crippen LogP contribution in [0, 0.1) is 0 Å². The van der Waals surface area contributed by atoms with Gasteiger partial charge in [-0.15, -0.1) is 0 Å². The topological polar surface area (TPSA) is 37.3 Å². The van der Waals surface area contributed by atoms with Crippen LogP contribution in [0.25, 0.3) is 0 Å². The van der Waals surface area contributed by atoms with Crippen molar-refractivity contribution in [1.82, 2.24) is 0 Å². The monoisotopic (exact) mass is 238 g/mol. The van der Waals surface area contributed by atoms with Crippen molar-refractivity contribution >= 4 is 17.6 Å². The Balaban J connectivity index is 2.54. The van der Waals surface area contributed by atoms with Crippen molar-refractivity contribution < 1.29 is 9.90 Å². The lowest BCUT2D eigenvalue weighted by Crippen LogP contribution is -2.21. The Bertz CT molecular complexity index is 434. The SMILES string of the molecule is CC(C)c1ccc(Cl)cc1C1(C(=O)O)CC1. The second-order valence-electron chi connectivity index (χ2n) is 4.77. The summed E-state index contributed by atoms with van der Waals surface area (Å²) in [6.07, 6.45) is 1.45. The smallest absolute Gasteiger partial charge is 0.314 e. The average molecular weight is 239 g/mol. The molecule has 0 unspecified atom stereocenters. The van der Waals surface area contributed by atoms with Gasteiger partial charge in [0.05, 0.1) is 5.41 Å². The molecule has 3 heteroatoms. The number of hydrogen-bond donors (Lipinski definition) is 1. The third-order valence-corrected chi connectivity index (χ3v) is 3.55. The minimum absolute atomic E-state index is 0.323. The Hall–Kier alpha value is -1.02. The van der Waals surface area contributed by atoms with Crippen LogP contribution in [0.3, 0.4) is 0 Å². The number of carboxylic acids is 1. The molecule has 0 saturated heterocycles. The van der Waals surface area contributed by atoms with Gasteiger partial charge in [0.15, 0.2) is 0 Å². The Morgan fingerprint density at radius 3 is 2.50 bits per heavy atom. The van der Waals surface area contributed by atoms with E-state index in [1.807, 2.05) is 18.2 Å². The molecule has 0 amide bonds. The molecule has 0 spiro atoms. The maximum Gasteiger partial charge on any atom is 0.314 e. The third kappa shape index (κ3) is 1.71. The molecule has 0 heterocycles. The number of carboxylic acid groups (broad SMARTS) is 1. The molecule has 1 N–H and O–H groups in total. The van der Waals surface area contributed by atoms with Crippen molar-refractivity contribution in [2.45, 2.75) is 38.0 Å². The largest absolute Gasteiger partial charge is 0.481 e. The molecule has 0 radical (unpaired) electrons. The highest BCUT2D eigenvalue weighted by Crippen LogP contribution is 2.51. The van der Waals surface area contributed by atoms with E-state index in [1.165, 1.54) is 0 Å². The first kappa shape index (κ1) is 11.5. The summed E-state index contributed by atoms with van der Waals surface area (Å²) in [5.41, 5.74) is 1.34. The van der Waals surface area contributed by atoms with Crippen LogP contribution >= 0.6 is 11.6 Å².